The lowest BCUT2D eigenvalue weighted by Crippen LogP contribution is -2.46. The molecule has 2 heterocycles. The Balaban J connectivity index is 1.70. The normalized spacial score (nSPS) is 15.5. The van der Waals surface area contributed by atoms with Crippen LogP contribution in [0.4, 0.5) is 4.39 Å². The van der Waals surface area contributed by atoms with E-state index in [0.717, 1.165) is 37.6 Å². The van der Waals surface area contributed by atoms with Crippen LogP contribution in [0.3, 0.4) is 0 Å². The number of hydrogen-bond donors (Lipinski definition) is 0. The molecule has 1 saturated heterocycles. The van der Waals surface area contributed by atoms with Gasteiger partial charge >= 0.3 is 0 Å². The predicted octanol–water partition coefficient (Wildman–Crippen LogP) is 3.67. The van der Waals surface area contributed by atoms with Crippen molar-refractivity contribution in [1.82, 2.24) is 9.80 Å². The van der Waals surface area contributed by atoms with E-state index >= 15 is 0 Å². The fourth-order valence-electron chi connectivity index (χ4n) is 3.83. The molecule has 0 spiro atoms. The Labute approximate surface area is 168 Å². The second-order valence-corrected chi connectivity index (χ2v) is 7.57. The van der Waals surface area contributed by atoms with E-state index in [1.807, 2.05) is 30.3 Å². The Morgan fingerprint density at radius 2 is 1.86 bits per heavy atom. The molecule has 0 aliphatic carbocycles. The molecule has 1 fully saturated rings. The zero-order valence-corrected chi connectivity index (χ0v) is 16.3. The van der Waals surface area contributed by atoms with Crippen molar-refractivity contribution >= 4 is 16.9 Å². The van der Waals surface area contributed by atoms with Crippen LogP contribution in [0.5, 0.6) is 0 Å². The molecule has 0 saturated carbocycles. The standard InChI is InChI=1S/C23H23FN2O3/c1-25-11-9-18(10-12-25)26(15-16-5-3-2-4-6-16)23(28)22-14-20(27)19-8-7-17(24)13-21(19)29-22/h2-8,13-14,18H,9-12,15H2,1H3. The number of halogens is 1. The molecule has 4 rings (SSSR count). The highest BCUT2D eigenvalue weighted by molar-refractivity contribution is 5.93. The molecule has 150 valence electrons. The minimum Gasteiger partial charge on any atom is -0.451 e. The number of nitrogens with zero attached hydrogens (tertiary/aromatic N) is 2. The number of piperidine rings is 1. The van der Waals surface area contributed by atoms with Crippen molar-refractivity contribution in [3.63, 3.8) is 0 Å². The number of hydrogen-bond acceptors (Lipinski definition) is 4. The highest BCUT2D eigenvalue weighted by Crippen LogP contribution is 2.22. The van der Waals surface area contributed by atoms with Crippen LogP contribution in [-0.2, 0) is 6.54 Å². The Hall–Kier alpha value is -2.99. The molecule has 0 radical (unpaired) electrons. The molecule has 1 amide bonds. The number of carbonyl (C=O) groups excluding carboxylic acids is 1. The van der Waals surface area contributed by atoms with Crippen LogP contribution in [-0.4, -0.2) is 41.9 Å². The molecule has 0 N–H and O–H groups in total. The maximum Gasteiger partial charge on any atom is 0.290 e. The van der Waals surface area contributed by atoms with E-state index in [4.69, 9.17) is 4.42 Å². The van der Waals surface area contributed by atoms with Crippen LogP contribution in [0, 0.1) is 5.82 Å². The average Bonchev–Trinajstić information content (AvgIpc) is 2.72. The molecule has 1 aromatic heterocycles. The summed E-state index contributed by atoms with van der Waals surface area (Å²) < 4.78 is 19.3. The van der Waals surface area contributed by atoms with Gasteiger partial charge in [-0.1, -0.05) is 30.3 Å². The lowest BCUT2D eigenvalue weighted by atomic mass is 10.0. The van der Waals surface area contributed by atoms with E-state index in [9.17, 15) is 14.0 Å². The SMILES string of the molecule is CN1CCC(N(Cc2ccccc2)C(=O)c2cc(=O)c3ccc(F)cc3o2)CC1. The molecule has 0 unspecified atom stereocenters. The zero-order valence-electron chi connectivity index (χ0n) is 16.3. The van der Waals surface area contributed by atoms with Gasteiger partial charge in [0.2, 0.25) is 0 Å². The van der Waals surface area contributed by atoms with Gasteiger partial charge in [0, 0.05) is 24.7 Å². The van der Waals surface area contributed by atoms with E-state index in [-0.39, 0.29) is 34.1 Å². The van der Waals surface area contributed by atoms with Gasteiger partial charge in [-0.05, 0) is 50.7 Å². The van der Waals surface area contributed by atoms with Gasteiger partial charge < -0.3 is 14.2 Å². The Kier molecular flexibility index (Phi) is 5.45. The Bertz CT molecular complexity index is 1070. The second kappa shape index (κ2) is 8.17. The van der Waals surface area contributed by atoms with Crippen molar-refractivity contribution in [1.29, 1.82) is 0 Å². The van der Waals surface area contributed by atoms with Gasteiger partial charge in [0.05, 0.1) is 5.39 Å². The van der Waals surface area contributed by atoms with E-state index in [1.54, 1.807) is 4.90 Å². The summed E-state index contributed by atoms with van der Waals surface area (Å²) in [6, 6.07) is 14.7. The number of carbonyl (C=O) groups is 1. The van der Waals surface area contributed by atoms with E-state index in [1.165, 1.54) is 18.2 Å². The first-order chi connectivity index (χ1) is 14.0. The van der Waals surface area contributed by atoms with Crippen LogP contribution in [0.25, 0.3) is 11.0 Å². The summed E-state index contributed by atoms with van der Waals surface area (Å²) in [5, 5.41) is 0.261. The highest BCUT2D eigenvalue weighted by Gasteiger charge is 2.29. The molecule has 5 nitrogen and oxygen atoms in total. The molecule has 0 atom stereocenters. The van der Waals surface area contributed by atoms with Crippen LogP contribution in [0.15, 0.2) is 63.8 Å². The van der Waals surface area contributed by atoms with Gasteiger partial charge in [-0.2, -0.15) is 0 Å². The quantitative estimate of drug-likeness (QED) is 0.678. The first-order valence-corrected chi connectivity index (χ1v) is 9.78. The molecule has 2 aromatic carbocycles. The molecule has 0 bridgehead atoms. The van der Waals surface area contributed by atoms with Crippen LogP contribution in [0.2, 0.25) is 0 Å². The van der Waals surface area contributed by atoms with Gasteiger partial charge in [-0.25, -0.2) is 4.39 Å². The van der Waals surface area contributed by atoms with Crippen LogP contribution < -0.4 is 5.43 Å². The summed E-state index contributed by atoms with van der Waals surface area (Å²) in [5.41, 5.74) is 0.746. The molecule has 1 aliphatic rings. The summed E-state index contributed by atoms with van der Waals surface area (Å²) >= 11 is 0. The van der Waals surface area contributed by atoms with E-state index in [0.29, 0.717) is 6.54 Å². The van der Waals surface area contributed by atoms with Gasteiger partial charge in [-0.15, -0.1) is 0 Å². The minimum atomic E-state index is -0.512. The first-order valence-electron chi connectivity index (χ1n) is 9.78. The average molecular weight is 394 g/mol. The van der Waals surface area contributed by atoms with Gasteiger partial charge in [0.15, 0.2) is 11.2 Å². The number of rotatable bonds is 4. The predicted molar refractivity (Wildman–Crippen MR) is 109 cm³/mol. The van der Waals surface area contributed by atoms with Crippen molar-refractivity contribution in [3.05, 3.63) is 82.0 Å². The maximum absolute atomic E-state index is 13.6. The third-order valence-corrected chi connectivity index (χ3v) is 5.49. The number of likely N-dealkylation sites (tertiary alicyclic amines) is 1. The summed E-state index contributed by atoms with van der Waals surface area (Å²) in [5.74, 6) is -0.906. The van der Waals surface area contributed by atoms with E-state index < -0.39 is 5.82 Å². The first kappa shape index (κ1) is 19.3. The smallest absolute Gasteiger partial charge is 0.290 e. The molecule has 3 aromatic rings. The monoisotopic (exact) mass is 394 g/mol. The Morgan fingerprint density at radius 1 is 1.14 bits per heavy atom. The van der Waals surface area contributed by atoms with E-state index in [2.05, 4.69) is 11.9 Å². The summed E-state index contributed by atoms with van der Waals surface area (Å²) in [4.78, 5) is 29.9. The lowest BCUT2D eigenvalue weighted by Gasteiger charge is -2.37. The third-order valence-electron chi connectivity index (χ3n) is 5.49. The Morgan fingerprint density at radius 3 is 2.59 bits per heavy atom. The van der Waals surface area contributed by atoms with Gasteiger partial charge in [0.25, 0.3) is 5.91 Å². The zero-order chi connectivity index (χ0) is 20.4. The van der Waals surface area contributed by atoms with Crippen molar-refractivity contribution in [2.75, 3.05) is 20.1 Å². The van der Waals surface area contributed by atoms with Crippen LogP contribution in [0.1, 0.15) is 29.0 Å². The fourth-order valence-corrected chi connectivity index (χ4v) is 3.83. The summed E-state index contributed by atoms with van der Waals surface area (Å²) in [7, 11) is 2.07. The summed E-state index contributed by atoms with van der Waals surface area (Å²) in [6.45, 7) is 2.23. The van der Waals surface area contributed by atoms with Crippen LogP contribution >= 0.6 is 0 Å². The van der Waals surface area contributed by atoms with Crippen molar-refractivity contribution in [2.24, 2.45) is 0 Å². The molecule has 29 heavy (non-hydrogen) atoms. The van der Waals surface area contributed by atoms with Crippen molar-refractivity contribution in [3.8, 4) is 0 Å². The number of amides is 1. The second-order valence-electron chi connectivity index (χ2n) is 7.57. The van der Waals surface area contributed by atoms with Gasteiger partial charge in [0.1, 0.15) is 11.4 Å². The number of fused-ring (bicyclic) bond motifs is 1. The maximum atomic E-state index is 13.6. The topological polar surface area (TPSA) is 53.8 Å². The highest BCUT2D eigenvalue weighted by atomic mass is 19.1. The largest absolute Gasteiger partial charge is 0.451 e. The summed E-state index contributed by atoms with van der Waals surface area (Å²) in [6.07, 6.45) is 1.70. The van der Waals surface area contributed by atoms with Crippen molar-refractivity contribution < 1.29 is 13.6 Å². The molecular formula is C23H23FN2O3. The van der Waals surface area contributed by atoms with Gasteiger partial charge in [-0.3, -0.25) is 9.59 Å². The third kappa shape index (κ3) is 4.22. The lowest BCUT2D eigenvalue weighted by molar-refractivity contribution is 0.0538. The minimum absolute atomic E-state index is 0.0485. The molecule has 1 aliphatic heterocycles. The fraction of sp³-hybridized carbons (Fsp3) is 0.304. The van der Waals surface area contributed by atoms with Crippen molar-refractivity contribution in [2.45, 2.75) is 25.4 Å². The molecular weight excluding hydrogens is 371 g/mol. The number of benzene rings is 2. The molecule has 6 heteroatoms.